The van der Waals surface area contributed by atoms with Gasteiger partial charge in [0, 0.05) is 6.20 Å². The highest BCUT2D eigenvalue weighted by Crippen LogP contribution is 2.15. The fourth-order valence-corrected chi connectivity index (χ4v) is 2.31. The molecule has 0 fully saturated rings. The van der Waals surface area contributed by atoms with Crippen molar-refractivity contribution in [2.24, 2.45) is 0 Å². The number of nitrogens with zero attached hydrogens (tertiary/aromatic N) is 4. The molecule has 96 valence electrons. The standard InChI is InChI=1S/C12H16N4OS/c1-3-10(4-2)16-6-5-9(14-16)7-12(17)11-8-13-18-15-11/h5-6,8,10H,3-4,7H2,1-2H3. The maximum absolute atomic E-state index is 11.8. The molecule has 0 N–H and O–H groups in total. The average molecular weight is 264 g/mol. The second-order valence-electron chi connectivity index (χ2n) is 4.15. The van der Waals surface area contributed by atoms with Crippen molar-refractivity contribution in [3.8, 4) is 0 Å². The molecule has 0 aliphatic carbocycles. The van der Waals surface area contributed by atoms with Gasteiger partial charge in [0.05, 0.1) is 36.1 Å². The van der Waals surface area contributed by atoms with Crippen LogP contribution in [-0.2, 0) is 6.42 Å². The lowest BCUT2D eigenvalue weighted by atomic mass is 10.2. The molecular weight excluding hydrogens is 248 g/mol. The Kier molecular flexibility index (Phi) is 4.19. The van der Waals surface area contributed by atoms with Gasteiger partial charge in [-0.25, -0.2) is 0 Å². The first-order chi connectivity index (χ1) is 8.74. The van der Waals surface area contributed by atoms with Crippen LogP contribution in [0.1, 0.15) is 48.9 Å². The lowest BCUT2D eigenvalue weighted by molar-refractivity contribution is 0.0988. The van der Waals surface area contributed by atoms with E-state index in [-0.39, 0.29) is 5.78 Å². The van der Waals surface area contributed by atoms with E-state index in [9.17, 15) is 4.79 Å². The molecule has 6 heteroatoms. The molecule has 0 radical (unpaired) electrons. The summed E-state index contributed by atoms with van der Waals surface area (Å²) in [6, 6.07) is 2.31. The minimum atomic E-state index is -0.0291. The van der Waals surface area contributed by atoms with Crippen LogP contribution in [0.15, 0.2) is 18.5 Å². The number of rotatable bonds is 6. The van der Waals surface area contributed by atoms with Crippen molar-refractivity contribution in [1.29, 1.82) is 0 Å². The largest absolute Gasteiger partial charge is 0.292 e. The number of hydrogen-bond acceptors (Lipinski definition) is 5. The smallest absolute Gasteiger partial charge is 0.189 e. The highest BCUT2D eigenvalue weighted by molar-refractivity contribution is 6.99. The first-order valence-electron chi connectivity index (χ1n) is 6.09. The Balaban J connectivity index is 2.05. The molecule has 5 nitrogen and oxygen atoms in total. The minimum absolute atomic E-state index is 0.0291. The first kappa shape index (κ1) is 12.9. The zero-order valence-corrected chi connectivity index (χ0v) is 11.4. The monoisotopic (exact) mass is 264 g/mol. The van der Waals surface area contributed by atoms with Gasteiger partial charge in [0.25, 0.3) is 0 Å². The number of carbonyl (C=O) groups excluding carboxylic acids is 1. The molecule has 0 aliphatic heterocycles. The van der Waals surface area contributed by atoms with Crippen LogP contribution in [0.25, 0.3) is 0 Å². The summed E-state index contributed by atoms with van der Waals surface area (Å²) < 4.78 is 9.71. The van der Waals surface area contributed by atoms with Gasteiger partial charge in [-0.1, -0.05) is 13.8 Å². The Morgan fingerprint density at radius 1 is 1.44 bits per heavy atom. The lowest BCUT2D eigenvalue weighted by Gasteiger charge is -2.12. The topological polar surface area (TPSA) is 60.7 Å². The summed E-state index contributed by atoms with van der Waals surface area (Å²) in [7, 11) is 0. The van der Waals surface area contributed by atoms with E-state index < -0.39 is 0 Å². The summed E-state index contributed by atoms with van der Waals surface area (Å²) in [4.78, 5) is 11.8. The van der Waals surface area contributed by atoms with Crippen LogP contribution in [0.5, 0.6) is 0 Å². The number of hydrogen-bond donors (Lipinski definition) is 0. The van der Waals surface area contributed by atoms with Gasteiger partial charge in [-0.15, -0.1) is 0 Å². The molecule has 18 heavy (non-hydrogen) atoms. The molecule has 2 aromatic rings. The van der Waals surface area contributed by atoms with Gasteiger partial charge >= 0.3 is 0 Å². The molecule has 0 spiro atoms. The number of Topliss-reactive ketones (excluding diaryl/α,β-unsaturated/α-hetero) is 1. The Labute approximate surface area is 110 Å². The van der Waals surface area contributed by atoms with Crippen molar-refractivity contribution >= 4 is 17.5 Å². The van der Waals surface area contributed by atoms with Crippen LogP contribution in [0.2, 0.25) is 0 Å². The predicted molar refractivity (Wildman–Crippen MR) is 69.8 cm³/mol. The van der Waals surface area contributed by atoms with E-state index in [0.717, 1.165) is 30.3 Å². The molecular formula is C12H16N4OS. The second kappa shape index (κ2) is 5.86. The van der Waals surface area contributed by atoms with Gasteiger partial charge in [-0.3, -0.25) is 9.48 Å². The van der Waals surface area contributed by atoms with Crippen molar-refractivity contribution in [2.45, 2.75) is 39.2 Å². The van der Waals surface area contributed by atoms with E-state index in [1.165, 1.54) is 6.20 Å². The molecule has 0 unspecified atom stereocenters. The highest BCUT2D eigenvalue weighted by atomic mass is 32.1. The summed E-state index contributed by atoms with van der Waals surface area (Å²) in [6.45, 7) is 4.28. The van der Waals surface area contributed by atoms with Crippen molar-refractivity contribution in [3.63, 3.8) is 0 Å². The summed E-state index contributed by atoms with van der Waals surface area (Å²) in [5.41, 5.74) is 1.22. The van der Waals surface area contributed by atoms with Crippen LogP contribution in [0.4, 0.5) is 0 Å². The van der Waals surface area contributed by atoms with Crippen molar-refractivity contribution < 1.29 is 4.79 Å². The molecule has 0 bridgehead atoms. The molecule has 2 rings (SSSR count). The van der Waals surface area contributed by atoms with Gasteiger partial charge in [0.15, 0.2) is 5.78 Å². The quantitative estimate of drug-likeness (QED) is 0.752. The van der Waals surface area contributed by atoms with Crippen molar-refractivity contribution in [2.75, 3.05) is 0 Å². The minimum Gasteiger partial charge on any atom is -0.292 e. The summed E-state index contributed by atoms with van der Waals surface area (Å²) in [5, 5.41) is 4.45. The molecule has 0 aromatic carbocycles. The molecule has 0 atom stereocenters. The third-order valence-corrected chi connectivity index (χ3v) is 3.45. The Bertz CT molecular complexity index is 502. The molecule has 0 saturated heterocycles. The normalized spacial score (nSPS) is 11.1. The van der Waals surface area contributed by atoms with E-state index in [1.54, 1.807) is 0 Å². The fraction of sp³-hybridized carbons (Fsp3) is 0.500. The molecule has 0 amide bonds. The summed E-state index contributed by atoms with van der Waals surface area (Å²) >= 11 is 1.05. The number of aromatic nitrogens is 4. The van der Waals surface area contributed by atoms with Crippen LogP contribution < -0.4 is 0 Å². The first-order valence-corrected chi connectivity index (χ1v) is 6.82. The van der Waals surface area contributed by atoms with Gasteiger partial charge in [0.1, 0.15) is 5.69 Å². The summed E-state index contributed by atoms with van der Waals surface area (Å²) in [5.74, 6) is -0.0291. The molecule has 0 saturated carbocycles. The molecule has 2 heterocycles. The Morgan fingerprint density at radius 2 is 2.22 bits per heavy atom. The maximum atomic E-state index is 11.8. The Morgan fingerprint density at radius 3 is 2.83 bits per heavy atom. The third kappa shape index (κ3) is 2.81. The summed E-state index contributed by atoms with van der Waals surface area (Å²) in [6.07, 6.45) is 5.83. The van der Waals surface area contributed by atoms with E-state index in [2.05, 4.69) is 27.7 Å². The van der Waals surface area contributed by atoms with Crippen LogP contribution in [-0.4, -0.2) is 24.3 Å². The highest BCUT2D eigenvalue weighted by Gasteiger charge is 2.13. The predicted octanol–water partition coefficient (Wildman–Crippen LogP) is 2.52. The van der Waals surface area contributed by atoms with E-state index in [0.29, 0.717) is 18.2 Å². The number of ketones is 1. The zero-order valence-electron chi connectivity index (χ0n) is 10.5. The lowest BCUT2D eigenvalue weighted by Crippen LogP contribution is -2.09. The van der Waals surface area contributed by atoms with E-state index in [1.807, 2.05) is 16.9 Å². The fourth-order valence-electron chi connectivity index (χ4n) is 1.88. The van der Waals surface area contributed by atoms with Gasteiger partial charge < -0.3 is 0 Å². The van der Waals surface area contributed by atoms with Crippen LogP contribution in [0.3, 0.4) is 0 Å². The Hall–Kier alpha value is -1.56. The van der Waals surface area contributed by atoms with E-state index in [4.69, 9.17) is 0 Å². The van der Waals surface area contributed by atoms with Crippen LogP contribution in [0, 0.1) is 0 Å². The van der Waals surface area contributed by atoms with Crippen molar-refractivity contribution in [3.05, 3.63) is 29.8 Å². The molecule has 2 aromatic heterocycles. The van der Waals surface area contributed by atoms with Crippen molar-refractivity contribution in [1.82, 2.24) is 18.5 Å². The zero-order chi connectivity index (χ0) is 13.0. The van der Waals surface area contributed by atoms with E-state index >= 15 is 0 Å². The molecule has 0 aliphatic rings. The van der Waals surface area contributed by atoms with Gasteiger partial charge in [-0.2, -0.15) is 13.8 Å². The third-order valence-electron chi connectivity index (χ3n) is 2.97. The SMILES string of the molecule is CCC(CC)n1ccc(CC(=O)c2cnsn2)n1. The second-order valence-corrected chi connectivity index (χ2v) is 4.71. The van der Waals surface area contributed by atoms with Gasteiger partial charge in [0.2, 0.25) is 0 Å². The number of carbonyl (C=O) groups is 1. The maximum Gasteiger partial charge on any atom is 0.189 e. The van der Waals surface area contributed by atoms with Crippen LogP contribution >= 0.6 is 11.7 Å². The average Bonchev–Trinajstić information content (AvgIpc) is 3.01. The van der Waals surface area contributed by atoms with Gasteiger partial charge in [-0.05, 0) is 18.9 Å².